The molecular formula is C14H23NS. The smallest absolute Gasteiger partial charge is 0.0208 e. The van der Waals surface area contributed by atoms with Crippen LogP contribution in [0.4, 0.5) is 0 Å². The van der Waals surface area contributed by atoms with Crippen molar-refractivity contribution in [3.8, 4) is 0 Å². The van der Waals surface area contributed by atoms with E-state index in [1.54, 1.807) is 0 Å². The van der Waals surface area contributed by atoms with Crippen molar-refractivity contribution in [1.29, 1.82) is 0 Å². The molecule has 1 aromatic carbocycles. The van der Waals surface area contributed by atoms with Gasteiger partial charge in [0.05, 0.1) is 0 Å². The summed E-state index contributed by atoms with van der Waals surface area (Å²) in [6, 6.07) is 7.29. The molecule has 90 valence electrons. The van der Waals surface area contributed by atoms with Crippen molar-refractivity contribution in [3.63, 3.8) is 0 Å². The topological polar surface area (TPSA) is 12.0 Å². The number of nitrogens with one attached hydrogen (secondary N) is 1. The Kier molecular flexibility index (Phi) is 5.93. The first-order chi connectivity index (χ1) is 7.63. The van der Waals surface area contributed by atoms with Crippen molar-refractivity contribution in [2.24, 2.45) is 0 Å². The van der Waals surface area contributed by atoms with Gasteiger partial charge in [0, 0.05) is 18.3 Å². The predicted octanol–water partition coefficient (Wildman–Crippen LogP) is 3.53. The Bertz CT molecular complexity index is 323. The Balaban J connectivity index is 2.39. The summed E-state index contributed by atoms with van der Waals surface area (Å²) in [5.41, 5.74) is 4.14. The van der Waals surface area contributed by atoms with E-state index in [-0.39, 0.29) is 0 Å². The zero-order valence-electron chi connectivity index (χ0n) is 10.8. The molecule has 1 unspecified atom stereocenters. The van der Waals surface area contributed by atoms with E-state index in [2.05, 4.69) is 51.2 Å². The number of hydrogen-bond acceptors (Lipinski definition) is 2. The molecule has 16 heavy (non-hydrogen) atoms. The fourth-order valence-electron chi connectivity index (χ4n) is 1.56. The third kappa shape index (κ3) is 4.58. The molecule has 2 heteroatoms. The second-order valence-corrected chi connectivity index (χ2v) is 5.68. The molecule has 1 atom stereocenters. The molecule has 1 rings (SSSR count). The molecule has 0 amide bonds. The summed E-state index contributed by atoms with van der Waals surface area (Å²) in [4.78, 5) is 0. The molecule has 1 aromatic rings. The zero-order valence-corrected chi connectivity index (χ0v) is 11.7. The van der Waals surface area contributed by atoms with Gasteiger partial charge < -0.3 is 5.32 Å². The van der Waals surface area contributed by atoms with E-state index in [1.807, 2.05) is 11.8 Å². The van der Waals surface area contributed by atoms with Crippen molar-refractivity contribution in [1.82, 2.24) is 5.32 Å². The van der Waals surface area contributed by atoms with Crippen LogP contribution in [0.3, 0.4) is 0 Å². The first-order valence-electron chi connectivity index (χ1n) is 6.00. The van der Waals surface area contributed by atoms with Gasteiger partial charge in [0.2, 0.25) is 0 Å². The van der Waals surface area contributed by atoms with Gasteiger partial charge in [-0.1, -0.05) is 25.1 Å². The Morgan fingerprint density at radius 2 is 2.00 bits per heavy atom. The van der Waals surface area contributed by atoms with Crippen molar-refractivity contribution in [2.45, 2.75) is 40.3 Å². The maximum Gasteiger partial charge on any atom is 0.0208 e. The summed E-state index contributed by atoms with van der Waals surface area (Å²) < 4.78 is 0. The average Bonchev–Trinajstić information content (AvgIpc) is 2.28. The number of benzene rings is 1. The molecule has 0 radical (unpaired) electrons. The molecule has 0 aliphatic rings. The lowest BCUT2D eigenvalue weighted by molar-refractivity contribution is 0.595. The summed E-state index contributed by atoms with van der Waals surface area (Å²) >= 11 is 1.99. The van der Waals surface area contributed by atoms with Crippen LogP contribution in [-0.4, -0.2) is 17.5 Å². The van der Waals surface area contributed by atoms with Gasteiger partial charge in [-0.15, -0.1) is 0 Å². The van der Waals surface area contributed by atoms with Crippen LogP contribution in [0.2, 0.25) is 0 Å². The summed E-state index contributed by atoms with van der Waals surface area (Å²) in [5.74, 6) is 2.40. The second kappa shape index (κ2) is 6.97. The third-order valence-electron chi connectivity index (χ3n) is 2.80. The van der Waals surface area contributed by atoms with E-state index in [1.165, 1.54) is 28.2 Å². The highest BCUT2D eigenvalue weighted by molar-refractivity contribution is 7.99. The molecular weight excluding hydrogens is 214 g/mol. The van der Waals surface area contributed by atoms with Crippen molar-refractivity contribution >= 4 is 11.8 Å². The number of thioether (sulfide) groups is 1. The average molecular weight is 237 g/mol. The molecule has 1 N–H and O–H groups in total. The Morgan fingerprint density at radius 3 is 2.62 bits per heavy atom. The van der Waals surface area contributed by atoms with Crippen LogP contribution in [0.5, 0.6) is 0 Å². The Morgan fingerprint density at radius 1 is 1.25 bits per heavy atom. The lowest BCUT2D eigenvalue weighted by Gasteiger charge is -2.13. The second-order valence-electron chi connectivity index (χ2n) is 4.36. The normalized spacial score (nSPS) is 12.8. The van der Waals surface area contributed by atoms with E-state index in [4.69, 9.17) is 0 Å². The number of rotatable bonds is 6. The highest BCUT2D eigenvalue weighted by atomic mass is 32.2. The monoisotopic (exact) mass is 237 g/mol. The van der Waals surface area contributed by atoms with E-state index < -0.39 is 0 Å². The SMILES string of the molecule is CCSCC(C)NCc1ccc(C)c(C)c1. The molecule has 0 spiro atoms. The third-order valence-corrected chi connectivity index (χ3v) is 3.94. The predicted molar refractivity (Wildman–Crippen MR) is 75.2 cm³/mol. The van der Waals surface area contributed by atoms with Gasteiger partial charge >= 0.3 is 0 Å². The zero-order chi connectivity index (χ0) is 12.0. The molecule has 1 nitrogen and oxygen atoms in total. The minimum atomic E-state index is 0.589. The van der Waals surface area contributed by atoms with Gasteiger partial charge in [-0.05, 0) is 43.2 Å². The van der Waals surface area contributed by atoms with Crippen LogP contribution in [0.15, 0.2) is 18.2 Å². The molecule has 0 aromatic heterocycles. The van der Waals surface area contributed by atoms with Crippen LogP contribution in [0.1, 0.15) is 30.5 Å². The van der Waals surface area contributed by atoms with E-state index in [0.29, 0.717) is 6.04 Å². The Hall–Kier alpha value is -0.470. The fraction of sp³-hybridized carbons (Fsp3) is 0.571. The van der Waals surface area contributed by atoms with Crippen LogP contribution in [0.25, 0.3) is 0 Å². The molecule has 0 aliphatic heterocycles. The number of aryl methyl sites for hydroxylation is 2. The standard InChI is InChI=1S/C14H23NS/c1-5-16-10-13(4)15-9-14-7-6-11(2)12(3)8-14/h6-8,13,15H,5,9-10H2,1-4H3. The van der Waals surface area contributed by atoms with Gasteiger partial charge in [-0.25, -0.2) is 0 Å². The van der Waals surface area contributed by atoms with E-state index >= 15 is 0 Å². The van der Waals surface area contributed by atoms with Gasteiger partial charge in [-0.2, -0.15) is 11.8 Å². The molecule has 0 saturated carbocycles. The Labute approximate surface area is 104 Å². The minimum Gasteiger partial charge on any atom is -0.309 e. The van der Waals surface area contributed by atoms with Gasteiger partial charge in [-0.3, -0.25) is 0 Å². The first-order valence-corrected chi connectivity index (χ1v) is 7.16. The van der Waals surface area contributed by atoms with E-state index in [0.717, 1.165) is 6.54 Å². The van der Waals surface area contributed by atoms with Gasteiger partial charge in [0.1, 0.15) is 0 Å². The highest BCUT2D eigenvalue weighted by Gasteiger charge is 2.01. The van der Waals surface area contributed by atoms with Gasteiger partial charge in [0.15, 0.2) is 0 Å². The lowest BCUT2D eigenvalue weighted by atomic mass is 10.1. The molecule has 0 heterocycles. The lowest BCUT2D eigenvalue weighted by Crippen LogP contribution is -2.27. The van der Waals surface area contributed by atoms with Crippen molar-refractivity contribution in [2.75, 3.05) is 11.5 Å². The maximum absolute atomic E-state index is 3.56. The largest absolute Gasteiger partial charge is 0.309 e. The summed E-state index contributed by atoms with van der Waals surface area (Å²) in [7, 11) is 0. The summed E-state index contributed by atoms with van der Waals surface area (Å²) in [6.07, 6.45) is 0. The highest BCUT2D eigenvalue weighted by Crippen LogP contribution is 2.10. The summed E-state index contributed by atoms with van der Waals surface area (Å²) in [6.45, 7) is 9.78. The quantitative estimate of drug-likeness (QED) is 0.812. The first kappa shape index (κ1) is 13.6. The number of hydrogen-bond donors (Lipinski definition) is 1. The molecule has 0 bridgehead atoms. The van der Waals surface area contributed by atoms with Crippen LogP contribution >= 0.6 is 11.8 Å². The minimum absolute atomic E-state index is 0.589. The molecule has 0 aliphatic carbocycles. The summed E-state index contributed by atoms with van der Waals surface area (Å²) in [5, 5.41) is 3.56. The molecule has 0 saturated heterocycles. The van der Waals surface area contributed by atoms with Gasteiger partial charge in [0.25, 0.3) is 0 Å². The maximum atomic E-state index is 3.56. The van der Waals surface area contributed by atoms with Crippen LogP contribution < -0.4 is 5.32 Å². The van der Waals surface area contributed by atoms with Crippen LogP contribution in [0, 0.1) is 13.8 Å². The molecule has 0 fully saturated rings. The van der Waals surface area contributed by atoms with Crippen molar-refractivity contribution < 1.29 is 0 Å². The van der Waals surface area contributed by atoms with Crippen LogP contribution in [-0.2, 0) is 6.54 Å². The van der Waals surface area contributed by atoms with Crippen molar-refractivity contribution in [3.05, 3.63) is 34.9 Å². The van der Waals surface area contributed by atoms with E-state index in [9.17, 15) is 0 Å². The fourth-order valence-corrected chi connectivity index (χ4v) is 2.27.